The molecule has 1 aliphatic carbocycles. The van der Waals surface area contributed by atoms with Crippen LogP contribution >= 0.6 is 0 Å². The molecular weight excluding hydrogens is 200 g/mol. The number of fused-ring (bicyclic) bond motifs is 1. The molecule has 1 N–H and O–H groups in total. The second-order valence-electron chi connectivity index (χ2n) is 4.45. The minimum Gasteiger partial charge on any atom is -0.462 e. The number of hydrogen-bond acceptors (Lipinski definition) is 5. The first kappa shape index (κ1) is 9.57. The molecule has 0 aromatic heterocycles. The molecule has 3 fully saturated rings. The highest BCUT2D eigenvalue weighted by Crippen LogP contribution is 2.38. The van der Waals surface area contributed by atoms with Gasteiger partial charge in [0.05, 0.1) is 31.8 Å². The molecule has 0 bridgehead atoms. The Hall–Kier alpha value is -0.650. The molecule has 0 amide bonds. The highest BCUT2D eigenvalue weighted by molar-refractivity contribution is 5.72. The summed E-state index contributed by atoms with van der Waals surface area (Å²) in [5.74, 6) is -0.139. The quantitative estimate of drug-likeness (QED) is 0.505. The average molecular weight is 214 g/mol. The fourth-order valence-corrected chi connectivity index (χ4v) is 2.45. The van der Waals surface area contributed by atoms with Gasteiger partial charge in [0.15, 0.2) is 0 Å². The Bertz CT molecular complexity index is 275. The van der Waals surface area contributed by atoms with Crippen molar-refractivity contribution in [2.75, 3.05) is 13.2 Å². The molecule has 3 aliphatic rings. The number of aliphatic hydroxyl groups is 1. The van der Waals surface area contributed by atoms with Crippen LogP contribution in [0.3, 0.4) is 0 Å². The Morgan fingerprint density at radius 1 is 1.53 bits per heavy atom. The van der Waals surface area contributed by atoms with E-state index in [-0.39, 0.29) is 30.2 Å². The van der Waals surface area contributed by atoms with Gasteiger partial charge in [0.2, 0.25) is 0 Å². The van der Waals surface area contributed by atoms with Gasteiger partial charge >= 0.3 is 5.97 Å². The van der Waals surface area contributed by atoms with Crippen molar-refractivity contribution >= 4 is 5.97 Å². The van der Waals surface area contributed by atoms with E-state index in [0.717, 1.165) is 6.61 Å². The Labute approximate surface area is 87.3 Å². The summed E-state index contributed by atoms with van der Waals surface area (Å²) >= 11 is 0. The number of rotatable bonds is 3. The van der Waals surface area contributed by atoms with Gasteiger partial charge in [0.1, 0.15) is 12.2 Å². The van der Waals surface area contributed by atoms with E-state index in [0.29, 0.717) is 19.4 Å². The second kappa shape index (κ2) is 3.43. The van der Waals surface area contributed by atoms with Crippen molar-refractivity contribution in [2.24, 2.45) is 5.92 Å². The first-order valence-electron chi connectivity index (χ1n) is 5.35. The molecule has 0 spiro atoms. The van der Waals surface area contributed by atoms with E-state index >= 15 is 0 Å². The minimum absolute atomic E-state index is 0.0336. The van der Waals surface area contributed by atoms with Crippen LogP contribution in [0.5, 0.6) is 0 Å². The number of carbonyl (C=O) groups is 1. The van der Waals surface area contributed by atoms with E-state index in [1.165, 1.54) is 0 Å². The Balaban J connectivity index is 1.61. The van der Waals surface area contributed by atoms with Crippen LogP contribution in [0.2, 0.25) is 0 Å². The molecule has 5 nitrogen and oxygen atoms in total. The van der Waals surface area contributed by atoms with E-state index in [1.54, 1.807) is 0 Å². The summed E-state index contributed by atoms with van der Waals surface area (Å²) in [6.45, 7) is 1.26. The molecule has 3 rings (SSSR count). The first-order chi connectivity index (χ1) is 7.24. The maximum absolute atomic E-state index is 11.1. The van der Waals surface area contributed by atoms with E-state index < -0.39 is 6.10 Å². The van der Waals surface area contributed by atoms with Gasteiger partial charge in [0.25, 0.3) is 0 Å². The number of ether oxygens (including phenoxy) is 3. The fraction of sp³-hybridized carbons (Fsp3) is 0.900. The monoisotopic (exact) mass is 214 g/mol. The zero-order valence-corrected chi connectivity index (χ0v) is 8.30. The molecule has 0 radical (unpaired) electrons. The minimum atomic E-state index is -0.508. The van der Waals surface area contributed by atoms with Crippen LogP contribution in [-0.4, -0.2) is 48.7 Å². The largest absolute Gasteiger partial charge is 0.462 e. The van der Waals surface area contributed by atoms with Crippen LogP contribution in [0.15, 0.2) is 0 Å². The first-order valence-corrected chi connectivity index (χ1v) is 5.35. The Morgan fingerprint density at radius 3 is 3.07 bits per heavy atom. The van der Waals surface area contributed by atoms with Gasteiger partial charge in [0, 0.05) is 12.3 Å². The molecule has 1 saturated carbocycles. The average Bonchev–Trinajstić information content (AvgIpc) is 2.86. The Morgan fingerprint density at radius 2 is 2.33 bits per heavy atom. The summed E-state index contributed by atoms with van der Waals surface area (Å²) in [4.78, 5) is 11.1. The third-order valence-corrected chi connectivity index (χ3v) is 3.31. The van der Waals surface area contributed by atoms with Crippen molar-refractivity contribution in [3.8, 4) is 0 Å². The van der Waals surface area contributed by atoms with Gasteiger partial charge in [-0.1, -0.05) is 0 Å². The van der Waals surface area contributed by atoms with Crippen molar-refractivity contribution in [3.63, 3.8) is 0 Å². The fourth-order valence-electron chi connectivity index (χ4n) is 2.45. The van der Waals surface area contributed by atoms with Crippen LogP contribution in [0, 0.1) is 5.92 Å². The molecule has 2 saturated heterocycles. The standard InChI is InChI=1S/C10H14O5/c11-7-2-8-6(1-9(12)15-8)10(7)14-4-5-3-13-5/h5-8,10-11H,1-4H2/t5?,6-,7?,8?,10?/m1/s1. The van der Waals surface area contributed by atoms with Crippen LogP contribution in [0.1, 0.15) is 12.8 Å². The van der Waals surface area contributed by atoms with Gasteiger partial charge in [-0.2, -0.15) is 0 Å². The van der Waals surface area contributed by atoms with Gasteiger partial charge in [-0.3, -0.25) is 4.79 Å². The van der Waals surface area contributed by atoms with Crippen LogP contribution in [-0.2, 0) is 19.0 Å². The molecular formula is C10H14O5. The number of esters is 1. The highest BCUT2D eigenvalue weighted by atomic mass is 16.6. The predicted molar refractivity (Wildman–Crippen MR) is 48.1 cm³/mol. The van der Waals surface area contributed by atoms with Gasteiger partial charge in [-0.25, -0.2) is 0 Å². The number of hydrogen-bond donors (Lipinski definition) is 1. The lowest BCUT2D eigenvalue weighted by molar-refractivity contribution is -0.142. The lowest BCUT2D eigenvalue weighted by Crippen LogP contribution is -2.30. The van der Waals surface area contributed by atoms with Crippen LogP contribution in [0.25, 0.3) is 0 Å². The SMILES string of the molecule is O=C1C[C@@H]2C(CC(O)C2OCC2CO2)O1. The number of aliphatic hydroxyl groups excluding tert-OH is 1. The van der Waals surface area contributed by atoms with Crippen LogP contribution in [0.4, 0.5) is 0 Å². The predicted octanol–water partition coefficient (Wildman–Crippen LogP) is -0.533. The summed E-state index contributed by atoms with van der Waals surface area (Å²) in [6, 6.07) is 0. The van der Waals surface area contributed by atoms with E-state index in [1.807, 2.05) is 0 Å². The molecule has 4 unspecified atom stereocenters. The molecule has 2 heterocycles. The molecule has 0 aromatic rings. The van der Waals surface area contributed by atoms with Crippen molar-refractivity contribution < 1.29 is 24.1 Å². The molecule has 2 aliphatic heterocycles. The van der Waals surface area contributed by atoms with E-state index in [2.05, 4.69) is 0 Å². The highest BCUT2D eigenvalue weighted by Gasteiger charge is 2.50. The number of epoxide rings is 1. The summed E-state index contributed by atoms with van der Waals surface area (Å²) in [6.07, 6.45) is 0.161. The molecule has 84 valence electrons. The van der Waals surface area contributed by atoms with Crippen molar-refractivity contribution in [1.82, 2.24) is 0 Å². The maximum Gasteiger partial charge on any atom is 0.306 e. The van der Waals surface area contributed by atoms with Gasteiger partial charge < -0.3 is 19.3 Å². The van der Waals surface area contributed by atoms with Crippen molar-refractivity contribution in [3.05, 3.63) is 0 Å². The van der Waals surface area contributed by atoms with Crippen molar-refractivity contribution in [1.29, 1.82) is 0 Å². The van der Waals surface area contributed by atoms with Crippen LogP contribution < -0.4 is 0 Å². The summed E-state index contributed by atoms with van der Waals surface area (Å²) in [7, 11) is 0. The van der Waals surface area contributed by atoms with E-state index in [4.69, 9.17) is 14.2 Å². The third-order valence-electron chi connectivity index (χ3n) is 3.31. The summed E-state index contributed by atoms with van der Waals surface area (Å²) in [5, 5.41) is 9.76. The molecule has 15 heavy (non-hydrogen) atoms. The maximum atomic E-state index is 11.1. The zero-order valence-electron chi connectivity index (χ0n) is 8.30. The number of carbonyl (C=O) groups excluding carboxylic acids is 1. The summed E-state index contributed by atoms with van der Waals surface area (Å²) < 4.78 is 15.7. The van der Waals surface area contributed by atoms with Crippen molar-refractivity contribution in [2.45, 2.75) is 37.3 Å². The Kier molecular flexibility index (Phi) is 2.19. The summed E-state index contributed by atoms with van der Waals surface area (Å²) in [5.41, 5.74) is 0. The topological polar surface area (TPSA) is 68.3 Å². The van der Waals surface area contributed by atoms with Gasteiger partial charge in [-0.05, 0) is 0 Å². The lowest BCUT2D eigenvalue weighted by Gasteiger charge is -2.19. The van der Waals surface area contributed by atoms with Gasteiger partial charge in [-0.15, -0.1) is 0 Å². The smallest absolute Gasteiger partial charge is 0.306 e. The molecule has 5 heteroatoms. The lowest BCUT2D eigenvalue weighted by atomic mass is 10.0. The molecule has 5 atom stereocenters. The normalized spacial score (nSPS) is 47.8. The molecule has 0 aromatic carbocycles. The van der Waals surface area contributed by atoms with E-state index in [9.17, 15) is 9.90 Å². The third kappa shape index (κ3) is 1.75. The second-order valence-corrected chi connectivity index (χ2v) is 4.45. The zero-order chi connectivity index (χ0) is 10.4.